The van der Waals surface area contributed by atoms with Crippen molar-refractivity contribution in [1.29, 1.82) is 0 Å². The van der Waals surface area contributed by atoms with Crippen LogP contribution in [0.15, 0.2) is 65.2 Å². The van der Waals surface area contributed by atoms with E-state index in [2.05, 4.69) is 4.90 Å². The fraction of sp³-hybridized carbons (Fsp3) is 0.455. The van der Waals surface area contributed by atoms with Crippen LogP contribution in [-0.2, 0) is 32.6 Å². The van der Waals surface area contributed by atoms with Crippen molar-refractivity contribution in [2.24, 2.45) is 7.05 Å². The number of hydrogen-bond acceptors (Lipinski definition) is 9. The van der Waals surface area contributed by atoms with Gasteiger partial charge in [0.05, 0.1) is 32.1 Å². The number of piperazine rings is 1. The number of carbonyl (C=O) groups excluding carboxylic acids is 1. The Morgan fingerprint density at radius 3 is 2.56 bits per heavy atom. The molecular formula is C33H40N4O8. The van der Waals surface area contributed by atoms with Gasteiger partial charge in [-0.15, -0.1) is 0 Å². The van der Waals surface area contributed by atoms with Crippen molar-refractivity contribution in [3.8, 4) is 17.2 Å². The number of para-hydroxylation sites is 1. The van der Waals surface area contributed by atoms with Crippen molar-refractivity contribution >= 4 is 5.91 Å². The third-order valence-corrected chi connectivity index (χ3v) is 8.51. The molecule has 0 radical (unpaired) electrons. The summed E-state index contributed by atoms with van der Waals surface area (Å²) in [6.07, 6.45) is 1.41. The van der Waals surface area contributed by atoms with Gasteiger partial charge < -0.3 is 33.7 Å². The van der Waals surface area contributed by atoms with E-state index in [0.29, 0.717) is 38.2 Å². The normalized spacial score (nSPS) is 19.8. The van der Waals surface area contributed by atoms with Crippen LogP contribution in [0.3, 0.4) is 0 Å². The second-order valence-electron chi connectivity index (χ2n) is 11.4. The number of carbonyl (C=O) groups is 1. The molecule has 0 bridgehead atoms. The molecule has 240 valence electrons. The zero-order valence-corrected chi connectivity index (χ0v) is 25.7. The molecule has 1 fully saturated rings. The third-order valence-electron chi connectivity index (χ3n) is 8.51. The Hall–Kier alpha value is -4.10. The van der Waals surface area contributed by atoms with Gasteiger partial charge in [-0.25, -0.2) is 4.68 Å². The van der Waals surface area contributed by atoms with Gasteiger partial charge in [0.25, 0.3) is 11.5 Å². The SMILES string of the molecule is Cc1c(C2C=C(C(=O)N3CCN(Cc4ccc5c(c4)OCO5)CC3)OC(OCCOCCO)C2)c(=O)n(-c2ccccc2)n1C. The summed E-state index contributed by atoms with van der Waals surface area (Å²) >= 11 is 0. The summed E-state index contributed by atoms with van der Waals surface area (Å²) in [5.41, 5.74) is 3.16. The number of aromatic nitrogens is 2. The van der Waals surface area contributed by atoms with Gasteiger partial charge in [0.2, 0.25) is 13.1 Å². The van der Waals surface area contributed by atoms with Crippen LogP contribution in [0, 0.1) is 6.92 Å². The molecule has 2 aromatic carbocycles. The van der Waals surface area contributed by atoms with Crippen molar-refractivity contribution in [3.63, 3.8) is 0 Å². The van der Waals surface area contributed by atoms with E-state index >= 15 is 0 Å². The maximum atomic E-state index is 13.8. The van der Waals surface area contributed by atoms with Gasteiger partial charge in [0.15, 0.2) is 17.3 Å². The zero-order valence-electron chi connectivity index (χ0n) is 25.7. The number of aliphatic hydroxyl groups is 1. The highest BCUT2D eigenvalue weighted by Gasteiger charge is 2.35. The van der Waals surface area contributed by atoms with Gasteiger partial charge in [-0.3, -0.25) is 19.2 Å². The summed E-state index contributed by atoms with van der Waals surface area (Å²) in [5, 5.41) is 8.99. The van der Waals surface area contributed by atoms with Crippen LogP contribution in [0.25, 0.3) is 5.69 Å². The Morgan fingerprint density at radius 1 is 1.00 bits per heavy atom. The van der Waals surface area contributed by atoms with Crippen molar-refractivity contribution in [2.75, 3.05) is 59.4 Å². The minimum atomic E-state index is -0.742. The summed E-state index contributed by atoms with van der Waals surface area (Å²) in [4.78, 5) is 31.8. The van der Waals surface area contributed by atoms with Gasteiger partial charge >= 0.3 is 0 Å². The number of rotatable bonds is 11. The molecule has 45 heavy (non-hydrogen) atoms. The Balaban J connectivity index is 1.18. The molecule has 2 atom stereocenters. The molecule has 6 rings (SSSR count). The van der Waals surface area contributed by atoms with Crippen molar-refractivity contribution in [2.45, 2.75) is 32.1 Å². The molecule has 12 heteroatoms. The predicted molar refractivity (Wildman–Crippen MR) is 164 cm³/mol. The monoisotopic (exact) mass is 620 g/mol. The zero-order chi connectivity index (χ0) is 31.3. The standard InChI is InChI=1S/C33H40N4O8/c1-23-31(33(40)37(34(23)2)26-6-4-3-5-7-26)25-19-29(45-30(20-25)42-17-16-41-15-14-38)32(39)36-12-10-35(11-13-36)21-24-8-9-27-28(18-24)44-22-43-27/h3-9,18-19,25,30,38H,10-17,20-22H2,1-2H3. The lowest BCUT2D eigenvalue weighted by Crippen LogP contribution is -2.49. The topological polar surface area (TPSA) is 117 Å². The number of benzene rings is 2. The minimum absolute atomic E-state index is 0.0751. The van der Waals surface area contributed by atoms with Crippen LogP contribution in [0.5, 0.6) is 11.5 Å². The average molecular weight is 621 g/mol. The molecule has 1 N–H and O–H groups in total. The molecule has 4 heterocycles. The Labute approximate surface area is 261 Å². The van der Waals surface area contributed by atoms with E-state index in [1.54, 1.807) is 15.7 Å². The number of aliphatic hydroxyl groups excluding tert-OH is 1. The van der Waals surface area contributed by atoms with Crippen LogP contribution >= 0.6 is 0 Å². The van der Waals surface area contributed by atoms with Gasteiger partial charge in [-0.1, -0.05) is 24.3 Å². The molecule has 0 aliphatic carbocycles. The number of fused-ring (bicyclic) bond motifs is 1. The molecule has 0 saturated carbocycles. The maximum Gasteiger partial charge on any atom is 0.288 e. The predicted octanol–water partition coefficient (Wildman–Crippen LogP) is 2.30. The second kappa shape index (κ2) is 13.9. The van der Waals surface area contributed by atoms with E-state index in [4.69, 9.17) is 28.8 Å². The fourth-order valence-corrected chi connectivity index (χ4v) is 6.10. The molecular weight excluding hydrogens is 580 g/mol. The number of amides is 1. The smallest absolute Gasteiger partial charge is 0.288 e. The Kier molecular flexibility index (Phi) is 9.55. The second-order valence-corrected chi connectivity index (χ2v) is 11.4. The van der Waals surface area contributed by atoms with E-state index in [1.807, 2.05) is 67.2 Å². The largest absolute Gasteiger partial charge is 0.459 e. The molecule has 3 aliphatic heterocycles. The van der Waals surface area contributed by atoms with Crippen LogP contribution < -0.4 is 15.0 Å². The quantitative estimate of drug-likeness (QED) is 0.323. The summed E-state index contributed by atoms with van der Waals surface area (Å²) in [6, 6.07) is 15.5. The van der Waals surface area contributed by atoms with Gasteiger partial charge in [0.1, 0.15) is 0 Å². The van der Waals surface area contributed by atoms with E-state index in [-0.39, 0.29) is 50.4 Å². The number of allylic oxidation sites excluding steroid dienone is 1. The number of ether oxygens (including phenoxy) is 5. The Bertz CT molecular complexity index is 1580. The maximum absolute atomic E-state index is 13.8. The van der Waals surface area contributed by atoms with Crippen molar-refractivity contribution < 1.29 is 33.6 Å². The molecule has 0 spiro atoms. The molecule has 1 amide bonds. The van der Waals surface area contributed by atoms with Crippen LogP contribution in [0.1, 0.15) is 29.2 Å². The molecule has 3 aromatic rings. The first kappa shape index (κ1) is 30.9. The summed E-state index contributed by atoms with van der Waals surface area (Å²) < 4.78 is 31.9. The molecule has 1 aromatic heterocycles. The highest BCUT2D eigenvalue weighted by Crippen LogP contribution is 2.34. The average Bonchev–Trinajstić information content (AvgIpc) is 3.62. The van der Waals surface area contributed by atoms with E-state index in [1.165, 1.54) is 0 Å². The summed E-state index contributed by atoms with van der Waals surface area (Å²) in [6.45, 7) is 6.04. The van der Waals surface area contributed by atoms with Crippen molar-refractivity contribution in [1.82, 2.24) is 19.2 Å². The Morgan fingerprint density at radius 2 is 1.78 bits per heavy atom. The van der Waals surface area contributed by atoms with Crippen LogP contribution in [0.2, 0.25) is 0 Å². The first-order chi connectivity index (χ1) is 21.9. The van der Waals surface area contributed by atoms with Gasteiger partial charge in [-0.05, 0) is 42.8 Å². The number of nitrogens with zero attached hydrogens (tertiary/aromatic N) is 4. The van der Waals surface area contributed by atoms with Crippen LogP contribution in [0.4, 0.5) is 0 Å². The molecule has 1 saturated heterocycles. The lowest BCUT2D eigenvalue weighted by atomic mass is 9.93. The fourth-order valence-electron chi connectivity index (χ4n) is 6.10. The lowest BCUT2D eigenvalue weighted by Gasteiger charge is -2.36. The van der Waals surface area contributed by atoms with Crippen LogP contribution in [-0.4, -0.2) is 95.9 Å². The minimum Gasteiger partial charge on any atom is -0.459 e. The van der Waals surface area contributed by atoms with E-state index in [0.717, 1.165) is 35.0 Å². The van der Waals surface area contributed by atoms with Gasteiger partial charge in [-0.2, -0.15) is 0 Å². The highest BCUT2D eigenvalue weighted by molar-refractivity contribution is 5.92. The third kappa shape index (κ3) is 6.79. The first-order valence-corrected chi connectivity index (χ1v) is 15.4. The van der Waals surface area contributed by atoms with Crippen molar-refractivity contribution in [3.05, 3.63) is 87.5 Å². The molecule has 2 unspecified atom stereocenters. The summed E-state index contributed by atoms with van der Waals surface area (Å²) in [5.74, 6) is 1.10. The molecule has 12 nitrogen and oxygen atoms in total. The van der Waals surface area contributed by atoms with E-state index in [9.17, 15) is 9.59 Å². The first-order valence-electron chi connectivity index (χ1n) is 15.4. The summed E-state index contributed by atoms with van der Waals surface area (Å²) in [7, 11) is 1.86. The molecule has 3 aliphatic rings. The lowest BCUT2D eigenvalue weighted by molar-refractivity contribution is -0.157. The number of hydrogen-bond donors (Lipinski definition) is 1. The van der Waals surface area contributed by atoms with Gasteiger partial charge in [0, 0.05) is 63.4 Å². The highest BCUT2D eigenvalue weighted by atomic mass is 16.7. The van der Waals surface area contributed by atoms with E-state index < -0.39 is 12.2 Å².